The third kappa shape index (κ3) is 4.48. The van der Waals surface area contributed by atoms with Crippen molar-refractivity contribution in [2.75, 3.05) is 13.7 Å². The van der Waals surface area contributed by atoms with Gasteiger partial charge in [0.1, 0.15) is 0 Å². The van der Waals surface area contributed by atoms with Crippen LogP contribution in [0.25, 0.3) is 0 Å². The molecule has 2 rings (SSSR count). The van der Waals surface area contributed by atoms with Crippen LogP contribution in [0.4, 0.5) is 0 Å². The number of rotatable bonds is 8. The summed E-state index contributed by atoms with van der Waals surface area (Å²) in [6.45, 7) is 5.60. The second kappa shape index (κ2) is 8.05. The average Bonchev–Trinajstić information content (AvgIpc) is 2.98. The van der Waals surface area contributed by atoms with Crippen LogP contribution in [-0.2, 0) is 13.0 Å². The molecule has 114 valence electrons. The molecule has 0 saturated heterocycles. The molecule has 4 heteroatoms. The minimum absolute atomic E-state index is 0.417. The van der Waals surface area contributed by atoms with Crippen LogP contribution in [0.2, 0.25) is 0 Å². The number of ether oxygens (including phenoxy) is 2. The van der Waals surface area contributed by atoms with Gasteiger partial charge in [-0.25, -0.2) is 0 Å². The molecule has 21 heavy (non-hydrogen) atoms. The maximum atomic E-state index is 5.61. The quantitative estimate of drug-likeness (QED) is 0.803. The zero-order valence-electron chi connectivity index (χ0n) is 12.9. The highest BCUT2D eigenvalue weighted by molar-refractivity contribution is 7.07. The monoisotopic (exact) mass is 305 g/mol. The maximum Gasteiger partial charge on any atom is 0.165 e. The van der Waals surface area contributed by atoms with Crippen LogP contribution in [0.3, 0.4) is 0 Å². The van der Waals surface area contributed by atoms with Gasteiger partial charge >= 0.3 is 0 Å². The standard InChI is InChI=1S/C17H23NO2S/c1-4-20-16-7-5-6-15(17(16)19-3)11-18-13(2)10-14-8-9-21-12-14/h5-9,12-13,18H,4,10-11H2,1-3H3. The summed E-state index contributed by atoms with van der Waals surface area (Å²) in [5.41, 5.74) is 2.51. The lowest BCUT2D eigenvalue weighted by atomic mass is 10.1. The Morgan fingerprint density at radius 3 is 2.81 bits per heavy atom. The van der Waals surface area contributed by atoms with Crippen molar-refractivity contribution in [2.45, 2.75) is 32.9 Å². The number of nitrogens with one attached hydrogen (secondary N) is 1. The van der Waals surface area contributed by atoms with E-state index in [1.54, 1.807) is 18.4 Å². The molecule has 0 spiro atoms. The summed E-state index contributed by atoms with van der Waals surface area (Å²) in [5.74, 6) is 1.64. The van der Waals surface area contributed by atoms with Crippen molar-refractivity contribution in [2.24, 2.45) is 0 Å². The van der Waals surface area contributed by atoms with Crippen molar-refractivity contribution >= 4 is 11.3 Å². The number of benzene rings is 1. The van der Waals surface area contributed by atoms with Gasteiger partial charge in [0.05, 0.1) is 13.7 Å². The molecule has 2 aromatic rings. The van der Waals surface area contributed by atoms with Crippen LogP contribution < -0.4 is 14.8 Å². The first kappa shape index (κ1) is 15.9. The summed E-state index contributed by atoms with van der Waals surface area (Å²) in [7, 11) is 1.69. The Balaban J connectivity index is 1.97. The maximum absolute atomic E-state index is 5.61. The second-order valence-electron chi connectivity index (χ2n) is 5.00. The van der Waals surface area contributed by atoms with Gasteiger partial charge in [0.15, 0.2) is 11.5 Å². The summed E-state index contributed by atoms with van der Waals surface area (Å²) in [5, 5.41) is 7.87. The van der Waals surface area contributed by atoms with Gasteiger partial charge in [-0.05, 0) is 48.7 Å². The summed E-state index contributed by atoms with van der Waals surface area (Å²) in [4.78, 5) is 0. The number of thiophene rings is 1. The molecule has 0 bridgehead atoms. The fourth-order valence-corrected chi connectivity index (χ4v) is 3.00. The van der Waals surface area contributed by atoms with E-state index in [4.69, 9.17) is 9.47 Å². The highest BCUT2D eigenvalue weighted by atomic mass is 32.1. The zero-order valence-corrected chi connectivity index (χ0v) is 13.7. The van der Waals surface area contributed by atoms with Crippen molar-refractivity contribution in [1.29, 1.82) is 0 Å². The fraction of sp³-hybridized carbons (Fsp3) is 0.412. The molecule has 1 heterocycles. The van der Waals surface area contributed by atoms with Gasteiger partial charge in [-0.1, -0.05) is 12.1 Å². The van der Waals surface area contributed by atoms with Gasteiger partial charge in [-0.3, -0.25) is 0 Å². The summed E-state index contributed by atoms with van der Waals surface area (Å²) in [6.07, 6.45) is 1.04. The Labute approximate surface area is 130 Å². The van der Waals surface area contributed by atoms with Crippen LogP contribution >= 0.6 is 11.3 Å². The Morgan fingerprint density at radius 1 is 1.29 bits per heavy atom. The summed E-state index contributed by atoms with van der Waals surface area (Å²) in [6, 6.07) is 8.62. The van der Waals surface area contributed by atoms with Gasteiger partial charge < -0.3 is 14.8 Å². The predicted octanol–water partition coefficient (Wildman–Crippen LogP) is 3.88. The third-order valence-electron chi connectivity index (χ3n) is 3.33. The van der Waals surface area contributed by atoms with Gasteiger partial charge in [-0.15, -0.1) is 0 Å². The van der Waals surface area contributed by atoms with Crippen molar-refractivity contribution < 1.29 is 9.47 Å². The fourth-order valence-electron chi connectivity index (χ4n) is 2.32. The Kier molecular flexibility index (Phi) is 6.08. The average molecular weight is 305 g/mol. The molecule has 0 radical (unpaired) electrons. The van der Waals surface area contributed by atoms with Crippen molar-refractivity contribution in [3.05, 3.63) is 46.2 Å². The minimum atomic E-state index is 0.417. The third-order valence-corrected chi connectivity index (χ3v) is 4.06. The van der Waals surface area contributed by atoms with Crippen molar-refractivity contribution in [3.8, 4) is 11.5 Å². The molecular formula is C17H23NO2S. The number of hydrogen-bond donors (Lipinski definition) is 1. The zero-order chi connectivity index (χ0) is 15.1. The first-order valence-electron chi connectivity index (χ1n) is 7.27. The topological polar surface area (TPSA) is 30.5 Å². The highest BCUT2D eigenvalue weighted by Gasteiger charge is 2.11. The van der Waals surface area contributed by atoms with Crippen molar-refractivity contribution in [3.63, 3.8) is 0 Å². The highest BCUT2D eigenvalue weighted by Crippen LogP contribution is 2.31. The van der Waals surface area contributed by atoms with Gasteiger partial charge in [-0.2, -0.15) is 11.3 Å². The van der Waals surface area contributed by atoms with E-state index in [0.29, 0.717) is 12.6 Å². The van der Waals surface area contributed by atoms with E-state index in [2.05, 4.69) is 35.1 Å². The van der Waals surface area contributed by atoms with Gasteiger partial charge in [0.2, 0.25) is 0 Å². The van der Waals surface area contributed by atoms with Crippen LogP contribution in [-0.4, -0.2) is 19.8 Å². The first-order chi connectivity index (χ1) is 10.2. The number of para-hydroxylation sites is 1. The van der Waals surface area contributed by atoms with Crippen molar-refractivity contribution in [1.82, 2.24) is 5.32 Å². The smallest absolute Gasteiger partial charge is 0.165 e. The van der Waals surface area contributed by atoms with Crippen LogP contribution in [0, 0.1) is 0 Å². The van der Waals surface area contributed by atoms with Crippen LogP contribution in [0.1, 0.15) is 25.0 Å². The molecule has 0 aliphatic carbocycles. The van der Waals surface area contributed by atoms with E-state index in [1.807, 2.05) is 19.1 Å². The Hall–Kier alpha value is -1.52. The molecule has 0 aliphatic heterocycles. The summed E-state index contributed by atoms with van der Waals surface area (Å²) < 4.78 is 11.1. The molecule has 0 aliphatic rings. The molecule has 1 atom stereocenters. The van der Waals surface area contributed by atoms with Gasteiger partial charge in [0, 0.05) is 18.2 Å². The largest absolute Gasteiger partial charge is 0.493 e. The number of methoxy groups -OCH3 is 1. The summed E-state index contributed by atoms with van der Waals surface area (Å²) >= 11 is 1.75. The lowest BCUT2D eigenvalue weighted by Gasteiger charge is -2.17. The normalized spacial score (nSPS) is 12.1. The van der Waals surface area contributed by atoms with Crippen LogP contribution in [0.5, 0.6) is 11.5 Å². The Morgan fingerprint density at radius 2 is 2.14 bits per heavy atom. The molecule has 1 unspecified atom stereocenters. The van der Waals surface area contributed by atoms with E-state index >= 15 is 0 Å². The first-order valence-corrected chi connectivity index (χ1v) is 8.22. The lowest BCUT2D eigenvalue weighted by molar-refractivity contribution is 0.308. The van der Waals surface area contributed by atoms with E-state index in [9.17, 15) is 0 Å². The molecule has 1 aromatic carbocycles. The molecular weight excluding hydrogens is 282 g/mol. The minimum Gasteiger partial charge on any atom is -0.493 e. The SMILES string of the molecule is CCOc1cccc(CNC(C)Cc2ccsc2)c1OC. The lowest BCUT2D eigenvalue weighted by Crippen LogP contribution is -2.27. The van der Waals surface area contributed by atoms with E-state index in [1.165, 1.54) is 5.56 Å². The van der Waals surface area contributed by atoms with E-state index in [0.717, 1.165) is 30.0 Å². The molecule has 0 amide bonds. The molecule has 1 aromatic heterocycles. The second-order valence-corrected chi connectivity index (χ2v) is 5.78. The van der Waals surface area contributed by atoms with Gasteiger partial charge in [0.25, 0.3) is 0 Å². The molecule has 0 saturated carbocycles. The predicted molar refractivity (Wildman–Crippen MR) is 88.5 cm³/mol. The molecule has 1 N–H and O–H groups in total. The number of hydrogen-bond acceptors (Lipinski definition) is 4. The molecule has 3 nitrogen and oxygen atoms in total. The van der Waals surface area contributed by atoms with Crippen LogP contribution in [0.15, 0.2) is 35.0 Å². The van der Waals surface area contributed by atoms with E-state index in [-0.39, 0.29) is 0 Å². The van der Waals surface area contributed by atoms with E-state index < -0.39 is 0 Å². The molecule has 0 fully saturated rings. The Bertz CT molecular complexity index is 540.